The summed E-state index contributed by atoms with van der Waals surface area (Å²) in [6.45, 7) is 0.482. The lowest BCUT2D eigenvalue weighted by Gasteiger charge is -2.03. The van der Waals surface area contributed by atoms with Crippen LogP contribution < -0.4 is 0 Å². The number of carbonyl (C=O) groups excluding carboxylic acids is 1. The maximum absolute atomic E-state index is 11.0. The van der Waals surface area contributed by atoms with Gasteiger partial charge in [-0.1, -0.05) is 12.1 Å². The Morgan fingerprint density at radius 2 is 2.05 bits per heavy atom. The molecule has 2 rings (SSSR count). The predicted octanol–water partition coefficient (Wildman–Crippen LogP) is 1.96. The molecule has 0 saturated carbocycles. The van der Waals surface area contributed by atoms with Crippen molar-refractivity contribution in [2.45, 2.75) is 6.54 Å². The van der Waals surface area contributed by atoms with Crippen LogP contribution in [0.2, 0.25) is 0 Å². The molecule has 110 valence electrons. The van der Waals surface area contributed by atoms with Gasteiger partial charge in [0.2, 0.25) is 0 Å². The van der Waals surface area contributed by atoms with E-state index in [0.29, 0.717) is 23.7 Å². The molecule has 2 aromatic rings. The average Bonchev–Trinajstić information content (AvgIpc) is 2.95. The number of aliphatic carboxylic acids is 1. The number of aliphatic hydroxyl groups excluding tert-OH is 1. The zero-order valence-corrected chi connectivity index (χ0v) is 11.4. The Hall–Kier alpha value is -3.33. The van der Waals surface area contributed by atoms with Crippen molar-refractivity contribution < 1.29 is 19.8 Å². The Kier molecular flexibility index (Phi) is 4.39. The van der Waals surface area contributed by atoms with Gasteiger partial charge in [-0.05, 0) is 23.8 Å². The topological polar surface area (TPSA) is 103 Å². The van der Waals surface area contributed by atoms with E-state index in [9.17, 15) is 14.7 Å². The van der Waals surface area contributed by atoms with Gasteiger partial charge in [-0.25, -0.2) is 4.79 Å². The van der Waals surface area contributed by atoms with Gasteiger partial charge >= 0.3 is 5.97 Å². The maximum Gasteiger partial charge on any atom is 0.376 e. The second kappa shape index (κ2) is 6.41. The minimum Gasteiger partial charge on any atom is -0.507 e. The predicted molar refractivity (Wildman–Crippen MR) is 77.9 cm³/mol. The van der Waals surface area contributed by atoms with Gasteiger partial charge in [0.15, 0.2) is 0 Å². The van der Waals surface area contributed by atoms with Crippen LogP contribution >= 0.6 is 0 Å². The van der Waals surface area contributed by atoms with Crippen LogP contribution in [0.3, 0.4) is 0 Å². The second-order valence-electron chi connectivity index (χ2n) is 4.58. The number of rotatable bonds is 5. The van der Waals surface area contributed by atoms with Crippen molar-refractivity contribution in [3.63, 3.8) is 0 Å². The van der Waals surface area contributed by atoms with Crippen LogP contribution in [-0.2, 0) is 16.1 Å². The largest absolute Gasteiger partial charge is 0.507 e. The van der Waals surface area contributed by atoms with E-state index in [0.717, 1.165) is 5.56 Å². The Labute approximate surface area is 126 Å². The SMILES string of the molecule is N#Cc1cccc(Cn2ccc(/C(O)=C/C(=O)C(=O)O)c2)c1. The number of carboxylic acids is 1. The molecule has 6 heteroatoms. The van der Waals surface area contributed by atoms with Crippen molar-refractivity contribution >= 4 is 17.5 Å². The summed E-state index contributed by atoms with van der Waals surface area (Å²) in [7, 11) is 0. The zero-order chi connectivity index (χ0) is 16.1. The summed E-state index contributed by atoms with van der Waals surface area (Å²) in [5, 5.41) is 27.1. The highest BCUT2D eigenvalue weighted by Crippen LogP contribution is 2.14. The third-order valence-corrected chi connectivity index (χ3v) is 2.95. The van der Waals surface area contributed by atoms with E-state index in [-0.39, 0.29) is 0 Å². The molecule has 2 N–H and O–H groups in total. The van der Waals surface area contributed by atoms with E-state index >= 15 is 0 Å². The van der Waals surface area contributed by atoms with Crippen LogP contribution in [0.4, 0.5) is 0 Å². The van der Waals surface area contributed by atoms with E-state index in [1.165, 1.54) is 0 Å². The standard InChI is InChI=1S/C16H12N2O4/c17-8-11-2-1-3-12(6-11)9-18-5-4-13(10-18)14(19)7-15(20)16(21)22/h1-7,10,19H,9H2,(H,21,22)/b14-7-. The Morgan fingerprint density at radius 1 is 1.27 bits per heavy atom. The molecular weight excluding hydrogens is 284 g/mol. The normalized spacial score (nSPS) is 11.0. The Bertz CT molecular complexity index is 796. The monoisotopic (exact) mass is 296 g/mol. The molecule has 0 radical (unpaired) electrons. The van der Waals surface area contributed by atoms with Crippen LogP contribution in [0.5, 0.6) is 0 Å². The molecule has 0 amide bonds. The fraction of sp³-hybridized carbons (Fsp3) is 0.0625. The van der Waals surface area contributed by atoms with Crippen molar-refractivity contribution in [1.82, 2.24) is 4.57 Å². The lowest BCUT2D eigenvalue weighted by molar-refractivity contribution is -0.146. The first kappa shape index (κ1) is 15.1. The zero-order valence-electron chi connectivity index (χ0n) is 11.4. The van der Waals surface area contributed by atoms with Gasteiger partial charge in [0.25, 0.3) is 5.78 Å². The number of aliphatic hydroxyl groups is 1. The number of ketones is 1. The van der Waals surface area contributed by atoms with Gasteiger partial charge in [0.05, 0.1) is 11.6 Å². The minimum atomic E-state index is -1.63. The van der Waals surface area contributed by atoms with Crippen LogP contribution in [0, 0.1) is 11.3 Å². The number of hydrogen-bond donors (Lipinski definition) is 2. The van der Waals surface area contributed by atoms with E-state index in [1.54, 1.807) is 41.2 Å². The molecule has 0 atom stereocenters. The smallest absolute Gasteiger partial charge is 0.376 e. The van der Waals surface area contributed by atoms with Crippen molar-refractivity contribution in [2.75, 3.05) is 0 Å². The molecule has 0 unspecified atom stereocenters. The highest BCUT2D eigenvalue weighted by Gasteiger charge is 2.11. The number of hydrogen-bond acceptors (Lipinski definition) is 4. The summed E-state index contributed by atoms with van der Waals surface area (Å²) in [6.07, 6.45) is 3.93. The first-order valence-electron chi connectivity index (χ1n) is 6.32. The fourth-order valence-corrected chi connectivity index (χ4v) is 1.91. The summed E-state index contributed by atoms with van der Waals surface area (Å²) < 4.78 is 1.75. The first-order valence-corrected chi connectivity index (χ1v) is 6.32. The highest BCUT2D eigenvalue weighted by atomic mass is 16.4. The number of nitriles is 1. The van der Waals surface area contributed by atoms with Crippen molar-refractivity contribution in [3.8, 4) is 6.07 Å². The van der Waals surface area contributed by atoms with Gasteiger partial charge in [-0.2, -0.15) is 5.26 Å². The van der Waals surface area contributed by atoms with Crippen LogP contribution in [-0.4, -0.2) is 26.5 Å². The number of carbonyl (C=O) groups is 2. The second-order valence-corrected chi connectivity index (χ2v) is 4.58. The third kappa shape index (κ3) is 3.61. The van der Waals surface area contributed by atoms with E-state index in [2.05, 4.69) is 6.07 Å². The molecule has 6 nitrogen and oxygen atoms in total. The summed E-state index contributed by atoms with van der Waals surface area (Å²) in [5.74, 6) is -3.22. The van der Waals surface area contributed by atoms with Crippen LogP contribution in [0.15, 0.2) is 48.8 Å². The highest BCUT2D eigenvalue weighted by molar-refractivity contribution is 6.38. The van der Waals surface area contributed by atoms with Crippen LogP contribution in [0.1, 0.15) is 16.7 Å². The summed E-state index contributed by atoms with van der Waals surface area (Å²) in [5.41, 5.74) is 1.80. The van der Waals surface area contributed by atoms with E-state index in [1.807, 2.05) is 6.07 Å². The quantitative estimate of drug-likeness (QED) is 0.498. The minimum absolute atomic E-state index is 0.339. The average molecular weight is 296 g/mol. The van der Waals surface area contributed by atoms with Gasteiger partial charge in [0.1, 0.15) is 5.76 Å². The van der Waals surface area contributed by atoms with E-state index in [4.69, 9.17) is 10.4 Å². The molecule has 1 heterocycles. The summed E-state index contributed by atoms with van der Waals surface area (Å²) >= 11 is 0. The third-order valence-electron chi connectivity index (χ3n) is 2.95. The Morgan fingerprint density at radius 3 is 2.73 bits per heavy atom. The molecule has 1 aromatic heterocycles. The number of benzene rings is 1. The van der Waals surface area contributed by atoms with Gasteiger partial charge in [-0.15, -0.1) is 0 Å². The molecule has 1 aromatic carbocycles. The molecule has 0 saturated heterocycles. The lowest BCUT2D eigenvalue weighted by atomic mass is 10.1. The lowest BCUT2D eigenvalue weighted by Crippen LogP contribution is -2.09. The van der Waals surface area contributed by atoms with Crippen molar-refractivity contribution in [3.05, 3.63) is 65.5 Å². The molecule has 0 spiro atoms. The number of nitrogens with zero attached hydrogens (tertiary/aromatic N) is 2. The molecule has 0 fully saturated rings. The number of aromatic nitrogens is 1. The van der Waals surface area contributed by atoms with Crippen LogP contribution in [0.25, 0.3) is 5.76 Å². The van der Waals surface area contributed by atoms with Crippen molar-refractivity contribution in [2.24, 2.45) is 0 Å². The molecule has 0 bridgehead atoms. The molecule has 0 aliphatic rings. The Balaban J connectivity index is 2.16. The van der Waals surface area contributed by atoms with E-state index < -0.39 is 17.5 Å². The fourth-order valence-electron chi connectivity index (χ4n) is 1.91. The van der Waals surface area contributed by atoms with Crippen molar-refractivity contribution in [1.29, 1.82) is 5.26 Å². The first-order chi connectivity index (χ1) is 10.5. The number of carboxylic acid groups (broad SMARTS) is 1. The van der Waals surface area contributed by atoms with Gasteiger partial charge < -0.3 is 14.8 Å². The molecule has 22 heavy (non-hydrogen) atoms. The maximum atomic E-state index is 11.0. The van der Waals surface area contributed by atoms with Gasteiger partial charge in [0, 0.05) is 30.6 Å². The molecular formula is C16H12N2O4. The molecule has 0 aliphatic carbocycles. The van der Waals surface area contributed by atoms with Gasteiger partial charge in [-0.3, -0.25) is 4.79 Å². The molecule has 0 aliphatic heterocycles. The summed E-state index contributed by atoms with van der Waals surface area (Å²) in [4.78, 5) is 21.5. The summed E-state index contributed by atoms with van der Waals surface area (Å²) in [6, 6.07) is 10.7.